The molecule has 1 amide bonds. The van der Waals surface area contributed by atoms with Crippen molar-refractivity contribution in [3.8, 4) is 0 Å². The molecule has 0 aliphatic rings. The molecule has 5 nitrogen and oxygen atoms in total. The third kappa shape index (κ3) is 6.53. The van der Waals surface area contributed by atoms with Crippen molar-refractivity contribution >= 4 is 17.6 Å². The summed E-state index contributed by atoms with van der Waals surface area (Å²) < 4.78 is 10.4. The van der Waals surface area contributed by atoms with E-state index in [0.717, 1.165) is 17.5 Å². The van der Waals surface area contributed by atoms with E-state index < -0.39 is 5.97 Å². The first-order valence-electron chi connectivity index (χ1n) is 9.12. The maximum absolute atomic E-state index is 12.1. The van der Waals surface area contributed by atoms with Gasteiger partial charge in [-0.15, -0.1) is 0 Å². The van der Waals surface area contributed by atoms with E-state index >= 15 is 0 Å². The minimum absolute atomic E-state index is 0.0965. The minimum atomic E-state index is -0.404. The van der Waals surface area contributed by atoms with Gasteiger partial charge in [-0.25, -0.2) is 4.79 Å². The Morgan fingerprint density at radius 3 is 2.48 bits per heavy atom. The molecule has 0 unspecified atom stereocenters. The zero-order valence-corrected chi connectivity index (χ0v) is 16.2. The standard InChI is InChI=1S/C22H27NO4/c1-16-14-19(15-20(17(16)2)22(25)26-3)23-21(24)10-7-12-27-13-11-18-8-5-4-6-9-18/h4-6,8-9,14-15H,7,10-13H2,1-3H3,(H,23,24). The number of nitrogens with one attached hydrogen (secondary N) is 1. The van der Waals surface area contributed by atoms with Crippen molar-refractivity contribution < 1.29 is 19.1 Å². The fraction of sp³-hybridized carbons (Fsp3) is 0.364. The predicted octanol–water partition coefficient (Wildman–Crippen LogP) is 4.07. The molecular weight excluding hydrogens is 342 g/mol. The number of esters is 1. The molecule has 0 atom stereocenters. The summed E-state index contributed by atoms with van der Waals surface area (Å²) >= 11 is 0. The lowest BCUT2D eigenvalue weighted by atomic mass is 10.0. The van der Waals surface area contributed by atoms with Crippen LogP contribution < -0.4 is 5.32 Å². The molecule has 2 rings (SSSR count). The number of hydrogen-bond acceptors (Lipinski definition) is 4. The molecule has 0 radical (unpaired) electrons. The van der Waals surface area contributed by atoms with E-state index in [1.54, 1.807) is 6.07 Å². The summed E-state index contributed by atoms with van der Waals surface area (Å²) in [6.45, 7) is 4.95. The van der Waals surface area contributed by atoms with Crippen molar-refractivity contribution in [1.82, 2.24) is 0 Å². The molecule has 0 spiro atoms. The highest BCUT2D eigenvalue weighted by atomic mass is 16.5. The summed E-state index contributed by atoms with van der Waals surface area (Å²) in [5.41, 5.74) is 4.10. The largest absolute Gasteiger partial charge is 0.465 e. The zero-order chi connectivity index (χ0) is 19.6. The number of hydrogen-bond donors (Lipinski definition) is 1. The zero-order valence-electron chi connectivity index (χ0n) is 16.2. The number of anilines is 1. The molecule has 0 heterocycles. The number of methoxy groups -OCH3 is 1. The maximum Gasteiger partial charge on any atom is 0.338 e. The van der Waals surface area contributed by atoms with Crippen LogP contribution in [0.3, 0.4) is 0 Å². The van der Waals surface area contributed by atoms with Gasteiger partial charge in [-0.2, -0.15) is 0 Å². The van der Waals surface area contributed by atoms with Gasteiger partial charge in [-0.3, -0.25) is 4.79 Å². The summed E-state index contributed by atoms with van der Waals surface area (Å²) in [6, 6.07) is 13.7. The molecular formula is C22H27NO4. The summed E-state index contributed by atoms with van der Waals surface area (Å²) in [7, 11) is 1.35. The first-order valence-corrected chi connectivity index (χ1v) is 9.12. The van der Waals surface area contributed by atoms with Crippen LogP contribution in [0, 0.1) is 13.8 Å². The van der Waals surface area contributed by atoms with Gasteiger partial charge in [-0.05, 0) is 55.5 Å². The lowest BCUT2D eigenvalue weighted by molar-refractivity contribution is -0.116. The Kier molecular flexibility index (Phi) is 8.01. The van der Waals surface area contributed by atoms with E-state index in [1.807, 2.05) is 38.1 Å². The van der Waals surface area contributed by atoms with Crippen LogP contribution in [-0.4, -0.2) is 32.2 Å². The number of carbonyl (C=O) groups excluding carboxylic acids is 2. The highest BCUT2D eigenvalue weighted by Gasteiger charge is 2.13. The van der Waals surface area contributed by atoms with Crippen LogP contribution >= 0.6 is 0 Å². The van der Waals surface area contributed by atoms with Crippen molar-refractivity contribution in [2.45, 2.75) is 33.1 Å². The number of ether oxygens (including phenoxy) is 2. The lowest BCUT2D eigenvalue weighted by Gasteiger charge is -2.12. The minimum Gasteiger partial charge on any atom is -0.465 e. The van der Waals surface area contributed by atoms with Crippen LogP contribution in [0.25, 0.3) is 0 Å². The Morgan fingerprint density at radius 1 is 1.04 bits per heavy atom. The van der Waals surface area contributed by atoms with Gasteiger partial charge in [0.2, 0.25) is 5.91 Å². The van der Waals surface area contributed by atoms with Crippen LogP contribution in [0.2, 0.25) is 0 Å². The van der Waals surface area contributed by atoms with Crippen molar-refractivity contribution in [3.63, 3.8) is 0 Å². The predicted molar refractivity (Wildman–Crippen MR) is 106 cm³/mol. The Labute approximate surface area is 160 Å². The third-order valence-corrected chi connectivity index (χ3v) is 4.43. The molecule has 5 heteroatoms. The van der Waals surface area contributed by atoms with Gasteiger partial charge in [0.05, 0.1) is 19.3 Å². The Hall–Kier alpha value is -2.66. The van der Waals surface area contributed by atoms with Crippen LogP contribution in [-0.2, 0) is 20.7 Å². The Morgan fingerprint density at radius 2 is 1.78 bits per heavy atom. The number of amides is 1. The summed E-state index contributed by atoms with van der Waals surface area (Å²) in [5.74, 6) is -0.501. The molecule has 2 aromatic carbocycles. The quantitative estimate of drug-likeness (QED) is 0.535. The van der Waals surface area contributed by atoms with Gasteiger partial charge < -0.3 is 14.8 Å². The van der Waals surface area contributed by atoms with Crippen LogP contribution in [0.15, 0.2) is 42.5 Å². The molecule has 0 aliphatic carbocycles. The monoisotopic (exact) mass is 369 g/mol. The average Bonchev–Trinajstić information content (AvgIpc) is 2.67. The van der Waals surface area contributed by atoms with Gasteiger partial charge >= 0.3 is 5.97 Å². The lowest BCUT2D eigenvalue weighted by Crippen LogP contribution is -2.14. The smallest absolute Gasteiger partial charge is 0.338 e. The van der Waals surface area contributed by atoms with Crippen molar-refractivity contribution in [2.24, 2.45) is 0 Å². The number of rotatable bonds is 9. The second-order valence-electron chi connectivity index (χ2n) is 6.46. The fourth-order valence-electron chi connectivity index (χ4n) is 2.75. The van der Waals surface area contributed by atoms with E-state index in [-0.39, 0.29) is 5.91 Å². The highest BCUT2D eigenvalue weighted by molar-refractivity contribution is 5.96. The first-order chi connectivity index (χ1) is 13.0. The second-order valence-corrected chi connectivity index (χ2v) is 6.46. The number of benzene rings is 2. The molecule has 0 bridgehead atoms. The van der Waals surface area contributed by atoms with Crippen LogP contribution in [0.4, 0.5) is 5.69 Å². The van der Waals surface area contributed by atoms with Crippen molar-refractivity contribution in [1.29, 1.82) is 0 Å². The number of aryl methyl sites for hydroxylation is 1. The van der Waals surface area contributed by atoms with Gasteiger partial charge in [0.15, 0.2) is 0 Å². The Balaban J connectivity index is 1.74. The average molecular weight is 369 g/mol. The third-order valence-electron chi connectivity index (χ3n) is 4.43. The van der Waals surface area contributed by atoms with Crippen LogP contribution in [0.5, 0.6) is 0 Å². The molecule has 144 valence electrons. The maximum atomic E-state index is 12.1. The van der Waals surface area contributed by atoms with Gasteiger partial charge in [-0.1, -0.05) is 30.3 Å². The van der Waals surface area contributed by atoms with Gasteiger partial charge in [0, 0.05) is 18.7 Å². The summed E-state index contributed by atoms with van der Waals surface area (Å²) in [6.07, 6.45) is 1.88. The van der Waals surface area contributed by atoms with Crippen molar-refractivity contribution in [3.05, 3.63) is 64.7 Å². The molecule has 0 aliphatic heterocycles. The van der Waals surface area contributed by atoms with Crippen LogP contribution in [0.1, 0.15) is 39.9 Å². The normalized spacial score (nSPS) is 10.5. The summed E-state index contributed by atoms with van der Waals surface area (Å²) in [5, 5.41) is 2.84. The van der Waals surface area contributed by atoms with Gasteiger partial charge in [0.25, 0.3) is 0 Å². The van der Waals surface area contributed by atoms with E-state index in [1.165, 1.54) is 12.7 Å². The Bertz CT molecular complexity index is 771. The van der Waals surface area contributed by atoms with E-state index in [0.29, 0.717) is 37.3 Å². The molecule has 0 aromatic heterocycles. The molecule has 2 aromatic rings. The number of carbonyl (C=O) groups is 2. The molecule has 0 saturated carbocycles. The molecule has 27 heavy (non-hydrogen) atoms. The molecule has 0 fully saturated rings. The SMILES string of the molecule is COC(=O)c1cc(NC(=O)CCCOCCc2ccccc2)cc(C)c1C. The molecule has 1 N–H and O–H groups in total. The summed E-state index contributed by atoms with van der Waals surface area (Å²) in [4.78, 5) is 24.0. The van der Waals surface area contributed by atoms with Crippen molar-refractivity contribution in [2.75, 3.05) is 25.6 Å². The van der Waals surface area contributed by atoms with E-state index in [2.05, 4.69) is 17.4 Å². The van der Waals surface area contributed by atoms with E-state index in [4.69, 9.17) is 9.47 Å². The van der Waals surface area contributed by atoms with Gasteiger partial charge in [0.1, 0.15) is 0 Å². The molecule has 0 saturated heterocycles. The second kappa shape index (κ2) is 10.5. The fourth-order valence-corrected chi connectivity index (χ4v) is 2.75. The van der Waals surface area contributed by atoms with E-state index in [9.17, 15) is 9.59 Å². The topological polar surface area (TPSA) is 64.6 Å². The highest BCUT2D eigenvalue weighted by Crippen LogP contribution is 2.21. The first kappa shape index (κ1) is 20.6.